The molecule has 3 nitrogen and oxygen atoms in total. The third-order valence-electron chi connectivity index (χ3n) is 2.46. The molecule has 0 aliphatic heterocycles. The summed E-state index contributed by atoms with van der Waals surface area (Å²) < 4.78 is 97.8. The molecule has 0 aliphatic carbocycles. The Bertz CT molecular complexity index is 373. The zero-order valence-corrected chi connectivity index (χ0v) is 11.5. The molecule has 0 fully saturated rings. The second kappa shape index (κ2) is 7.48. The molecule has 0 saturated heterocycles. The Kier molecular flexibility index (Phi) is 7.29. The number of rotatable bonds is 8. The highest BCUT2D eigenvalue weighted by atomic mass is 32.2. The van der Waals surface area contributed by atoms with Crippen LogP contribution in [0, 0.1) is 0 Å². The van der Waals surface area contributed by atoms with Gasteiger partial charge in [-0.15, -0.1) is 0 Å². The van der Waals surface area contributed by atoms with E-state index in [1.807, 2.05) is 6.92 Å². The number of alkyl halides is 6. The van der Waals surface area contributed by atoms with E-state index in [-0.39, 0.29) is 6.42 Å². The summed E-state index contributed by atoms with van der Waals surface area (Å²) in [7, 11) is -6.25. The Morgan fingerprint density at radius 3 is 1.85 bits per heavy atom. The molecule has 0 spiro atoms. The van der Waals surface area contributed by atoms with Gasteiger partial charge in [0.05, 0.1) is 0 Å². The van der Waals surface area contributed by atoms with E-state index in [1.165, 1.54) is 0 Å². The van der Waals surface area contributed by atoms with Crippen LogP contribution < -0.4 is 0 Å². The Morgan fingerprint density at radius 1 is 0.950 bits per heavy atom. The number of unbranched alkanes of at least 4 members (excludes halogenated alkanes) is 4. The van der Waals surface area contributed by atoms with E-state index in [1.54, 1.807) is 0 Å². The standard InChI is InChI=1S/C10H16F6O3S/c1-2-3-4-5-6-7-8(9(11,12)13)19-20(17,18)10(14,15)16/h8H,2-7H2,1H3. The van der Waals surface area contributed by atoms with Gasteiger partial charge in [-0.3, -0.25) is 4.18 Å². The van der Waals surface area contributed by atoms with Gasteiger partial charge in [-0.25, -0.2) is 0 Å². The van der Waals surface area contributed by atoms with Crippen LogP contribution in [0.2, 0.25) is 0 Å². The first kappa shape index (κ1) is 19.5. The summed E-state index contributed by atoms with van der Waals surface area (Å²) in [6.07, 6.45) is -6.36. The van der Waals surface area contributed by atoms with Crippen molar-refractivity contribution in [2.75, 3.05) is 0 Å². The van der Waals surface area contributed by atoms with Crippen LogP contribution in [0.1, 0.15) is 45.4 Å². The highest BCUT2D eigenvalue weighted by molar-refractivity contribution is 7.87. The molecular formula is C10H16F6O3S. The first-order valence-corrected chi connectivity index (χ1v) is 7.39. The van der Waals surface area contributed by atoms with E-state index in [0.29, 0.717) is 12.8 Å². The van der Waals surface area contributed by atoms with E-state index in [9.17, 15) is 34.8 Å². The van der Waals surface area contributed by atoms with Gasteiger partial charge in [-0.1, -0.05) is 39.0 Å². The fourth-order valence-electron chi connectivity index (χ4n) is 1.41. The van der Waals surface area contributed by atoms with Crippen LogP contribution in [0.25, 0.3) is 0 Å². The lowest BCUT2D eigenvalue weighted by Gasteiger charge is -2.20. The maximum Gasteiger partial charge on any atom is 0.523 e. The monoisotopic (exact) mass is 330 g/mol. The zero-order valence-electron chi connectivity index (χ0n) is 10.7. The SMILES string of the molecule is CCCCCCCC(OS(=O)(=O)C(F)(F)F)C(F)(F)F. The molecule has 0 rings (SSSR count). The van der Waals surface area contributed by atoms with Crippen molar-refractivity contribution in [3.63, 3.8) is 0 Å². The van der Waals surface area contributed by atoms with E-state index in [2.05, 4.69) is 4.18 Å². The van der Waals surface area contributed by atoms with Crippen molar-refractivity contribution in [2.45, 2.75) is 63.2 Å². The van der Waals surface area contributed by atoms with Crippen LogP contribution in [0.5, 0.6) is 0 Å². The Balaban J connectivity index is 4.61. The fourth-order valence-corrected chi connectivity index (χ4v) is 2.03. The van der Waals surface area contributed by atoms with E-state index in [4.69, 9.17) is 0 Å². The van der Waals surface area contributed by atoms with Crippen molar-refractivity contribution < 1.29 is 38.9 Å². The fraction of sp³-hybridized carbons (Fsp3) is 1.00. The first-order chi connectivity index (χ1) is 8.92. The molecule has 0 aromatic heterocycles. The quantitative estimate of drug-likeness (QED) is 0.291. The smallest absolute Gasteiger partial charge is 0.250 e. The molecule has 0 aromatic carbocycles. The van der Waals surface area contributed by atoms with Crippen molar-refractivity contribution in [2.24, 2.45) is 0 Å². The lowest BCUT2D eigenvalue weighted by Crippen LogP contribution is -2.38. The molecule has 20 heavy (non-hydrogen) atoms. The average Bonchev–Trinajstić information content (AvgIpc) is 2.24. The zero-order chi connectivity index (χ0) is 16.0. The predicted molar refractivity (Wildman–Crippen MR) is 59.3 cm³/mol. The first-order valence-electron chi connectivity index (χ1n) is 5.98. The van der Waals surface area contributed by atoms with Gasteiger partial charge in [0.1, 0.15) is 0 Å². The summed E-state index contributed by atoms with van der Waals surface area (Å²) in [5.74, 6) is 0. The molecule has 0 saturated carbocycles. The summed E-state index contributed by atoms with van der Waals surface area (Å²) in [6.45, 7) is 1.89. The molecule has 1 atom stereocenters. The van der Waals surface area contributed by atoms with E-state index < -0.39 is 34.3 Å². The largest absolute Gasteiger partial charge is 0.523 e. The number of hydrogen-bond acceptors (Lipinski definition) is 3. The van der Waals surface area contributed by atoms with Crippen molar-refractivity contribution in [1.29, 1.82) is 0 Å². The minimum Gasteiger partial charge on any atom is -0.250 e. The van der Waals surface area contributed by atoms with Crippen LogP contribution in [0.4, 0.5) is 26.3 Å². The summed E-state index contributed by atoms with van der Waals surface area (Å²) in [5.41, 5.74) is -5.86. The molecule has 10 heteroatoms. The molecular weight excluding hydrogens is 314 g/mol. The minimum atomic E-state index is -6.25. The average molecular weight is 330 g/mol. The molecule has 0 N–H and O–H groups in total. The molecule has 122 valence electrons. The van der Waals surface area contributed by atoms with Crippen LogP contribution in [0.3, 0.4) is 0 Å². The molecule has 0 bridgehead atoms. The van der Waals surface area contributed by atoms with Gasteiger partial charge in [-0.2, -0.15) is 34.8 Å². The van der Waals surface area contributed by atoms with Gasteiger partial charge in [0, 0.05) is 0 Å². The highest BCUT2D eigenvalue weighted by Gasteiger charge is 2.53. The van der Waals surface area contributed by atoms with Crippen LogP contribution in [-0.2, 0) is 14.3 Å². The molecule has 0 aliphatic rings. The Morgan fingerprint density at radius 2 is 1.45 bits per heavy atom. The summed E-state index contributed by atoms with van der Waals surface area (Å²) in [5, 5.41) is 0. The van der Waals surface area contributed by atoms with Crippen LogP contribution in [-0.4, -0.2) is 26.2 Å². The Labute approximate surface area is 113 Å². The van der Waals surface area contributed by atoms with Gasteiger partial charge >= 0.3 is 21.8 Å². The van der Waals surface area contributed by atoms with Gasteiger partial charge in [-0.05, 0) is 6.42 Å². The maximum atomic E-state index is 12.5. The molecule has 0 radical (unpaired) electrons. The van der Waals surface area contributed by atoms with Gasteiger partial charge in [0.25, 0.3) is 0 Å². The van der Waals surface area contributed by atoms with Crippen molar-refractivity contribution in [1.82, 2.24) is 0 Å². The van der Waals surface area contributed by atoms with Gasteiger partial charge in [0.15, 0.2) is 6.10 Å². The summed E-state index contributed by atoms with van der Waals surface area (Å²) in [4.78, 5) is 0. The third-order valence-corrected chi connectivity index (χ3v) is 3.51. The number of hydrogen-bond donors (Lipinski definition) is 0. The lowest BCUT2D eigenvalue weighted by molar-refractivity contribution is -0.199. The van der Waals surface area contributed by atoms with E-state index >= 15 is 0 Å². The summed E-state index contributed by atoms with van der Waals surface area (Å²) >= 11 is 0. The number of halogens is 6. The van der Waals surface area contributed by atoms with Crippen molar-refractivity contribution >= 4 is 10.1 Å². The van der Waals surface area contributed by atoms with Gasteiger partial charge in [0.2, 0.25) is 0 Å². The summed E-state index contributed by atoms with van der Waals surface area (Å²) in [6, 6.07) is 0. The second-order valence-corrected chi connectivity index (χ2v) is 5.79. The normalized spacial score (nSPS) is 15.3. The minimum absolute atomic E-state index is 0.0580. The van der Waals surface area contributed by atoms with Crippen molar-refractivity contribution in [3.05, 3.63) is 0 Å². The Hall–Kier alpha value is -0.510. The molecule has 0 heterocycles. The topological polar surface area (TPSA) is 43.4 Å². The molecule has 0 amide bonds. The third kappa shape index (κ3) is 6.78. The van der Waals surface area contributed by atoms with Crippen LogP contribution >= 0.6 is 0 Å². The van der Waals surface area contributed by atoms with Gasteiger partial charge < -0.3 is 0 Å². The predicted octanol–water partition coefficient (Wildman–Crippen LogP) is 4.14. The second-order valence-electron chi connectivity index (χ2n) is 4.23. The maximum absolute atomic E-state index is 12.5. The van der Waals surface area contributed by atoms with E-state index in [0.717, 1.165) is 12.8 Å². The van der Waals surface area contributed by atoms with Crippen LogP contribution in [0.15, 0.2) is 0 Å². The molecule has 0 aromatic rings. The lowest BCUT2D eigenvalue weighted by atomic mass is 10.1. The molecule has 1 unspecified atom stereocenters. The van der Waals surface area contributed by atoms with Crippen molar-refractivity contribution in [3.8, 4) is 0 Å². The highest BCUT2D eigenvalue weighted by Crippen LogP contribution is 2.33.